The van der Waals surface area contributed by atoms with Crippen LogP contribution in [0.3, 0.4) is 0 Å². The molecular weight excluding hydrogens is 498 g/mol. The predicted octanol–water partition coefficient (Wildman–Crippen LogP) is 5.00. The summed E-state index contributed by atoms with van der Waals surface area (Å²) in [5.74, 6) is -3.05. The molecule has 0 atom stereocenters. The third-order valence-electron chi connectivity index (χ3n) is 6.98. The maximum atomic E-state index is 15.0. The maximum absolute atomic E-state index is 15.0. The lowest BCUT2D eigenvalue weighted by Crippen LogP contribution is -2.39. The number of hydrogen-bond donors (Lipinski definition) is 2. The lowest BCUT2D eigenvalue weighted by molar-refractivity contribution is -0.224. The van der Waals surface area contributed by atoms with E-state index in [-0.39, 0.29) is 48.9 Å². The van der Waals surface area contributed by atoms with Gasteiger partial charge in [0.05, 0.1) is 43.5 Å². The summed E-state index contributed by atoms with van der Waals surface area (Å²) in [6, 6.07) is 6.81. The molecule has 0 heterocycles. The van der Waals surface area contributed by atoms with Gasteiger partial charge in [-0.25, -0.2) is 9.59 Å². The largest absolute Gasteiger partial charge is 0.462 e. The van der Waals surface area contributed by atoms with Crippen molar-refractivity contribution < 1.29 is 42.8 Å². The predicted molar refractivity (Wildman–Crippen MR) is 139 cm³/mol. The molecule has 1 aromatic rings. The van der Waals surface area contributed by atoms with Gasteiger partial charge in [-0.15, -0.1) is 0 Å². The minimum Gasteiger partial charge on any atom is -0.462 e. The summed E-state index contributed by atoms with van der Waals surface area (Å²) < 4.78 is 45.5. The van der Waals surface area contributed by atoms with Gasteiger partial charge in [-0.3, -0.25) is 0 Å². The van der Waals surface area contributed by atoms with Crippen LogP contribution in [0, 0.1) is 17.8 Å². The summed E-state index contributed by atoms with van der Waals surface area (Å²) in [7, 11) is 0. The summed E-state index contributed by atoms with van der Waals surface area (Å²) >= 11 is 0. The molecule has 0 aliphatic heterocycles. The van der Waals surface area contributed by atoms with Crippen LogP contribution in [-0.2, 0) is 25.5 Å². The van der Waals surface area contributed by atoms with E-state index < -0.39 is 43.1 Å². The Labute approximate surface area is 223 Å². The molecule has 2 N–H and O–H groups in total. The first kappa shape index (κ1) is 31.4. The van der Waals surface area contributed by atoms with E-state index in [0.717, 1.165) is 31.2 Å². The molecule has 9 heteroatoms. The number of rotatable bonds is 16. The van der Waals surface area contributed by atoms with Gasteiger partial charge in [0.1, 0.15) is 5.75 Å². The highest BCUT2D eigenvalue weighted by molar-refractivity contribution is 5.88. The van der Waals surface area contributed by atoms with Crippen LogP contribution in [0.4, 0.5) is 8.78 Å². The van der Waals surface area contributed by atoms with Crippen LogP contribution >= 0.6 is 0 Å². The fourth-order valence-electron chi connectivity index (χ4n) is 4.49. The molecule has 1 fully saturated rings. The average molecular weight is 539 g/mol. The topological polar surface area (TPSA) is 102 Å². The molecular formula is C29H40F2O7. The minimum atomic E-state index is -3.35. The van der Waals surface area contributed by atoms with E-state index in [2.05, 4.69) is 20.1 Å². The van der Waals surface area contributed by atoms with Crippen molar-refractivity contribution in [1.29, 1.82) is 0 Å². The number of halogens is 2. The second-order valence-electron chi connectivity index (χ2n) is 9.86. The number of aryl methyl sites for hydroxylation is 1. The maximum Gasteiger partial charge on any atom is 0.400 e. The van der Waals surface area contributed by atoms with Gasteiger partial charge in [-0.1, -0.05) is 45.1 Å². The van der Waals surface area contributed by atoms with Crippen LogP contribution in [-0.4, -0.2) is 54.7 Å². The molecule has 0 saturated heterocycles. The first-order chi connectivity index (χ1) is 18.1. The first-order valence-electron chi connectivity index (χ1n) is 13.2. The molecule has 38 heavy (non-hydrogen) atoms. The Bertz CT molecular complexity index is 889. The van der Waals surface area contributed by atoms with Crippen LogP contribution < -0.4 is 4.74 Å². The van der Waals surface area contributed by atoms with Crippen molar-refractivity contribution in [2.75, 3.05) is 26.4 Å². The molecule has 7 nitrogen and oxygen atoms in total. The van der Waals surface area contributed by atoms with Gasteiger partial charge in [0, 0.05) is 5.92 Å². The Hall–Kier alpha value is -2.78. The highest BCUT2D eigenvalue weighted by atomic mass is 19.3. The van der Waals surface area contributed by atoms with Gasteiger partial charge < -0.3 is 24.4 Å². The van der Waals surface area contributed by atoms with Crippen molar-refractivity contribution in [2.45, 2.75) is 64.4 Å². The van der Waals surface area contributed by atoms with E-state index in [9.17, 15) is 9.59 Å². The van der Waals surface area contributed by atoms with Gasteiger partial charge in [0.25, 0.3) is 0 Å². The molecule has 212 valence electrons. The Morgan fingerprint density at radius 2 is 1.47 bits per heavy atom. The number of unbranched alkanes of at least 4 members (excludes halogenated alkanes) is 2. The molecule has 0 amide bonds. The van der Waals surface area contributed by atoms with Crippen LogP contribution in [0.25, 0.3) is 0 Å². The quantitative estimate of drug-likeness (QED) is 0.174. The van der Waals surface area contributed by atoms with Crippen molar-refractivity contribution in [2.24, 2.45) is 17.8 Å². The normalized spacial score (nSPS) is 17.6. The number of esters is 2. The zero-order valence-electron chi connectivity index (χ0n) is 22.1. The van der Waals surface area contributed by atoms with Gasteiger partial charge in [0.15, 0.2) is 0 Å². The summed E-state index contributed by atoms with van der Waals surface area (Å²) in [6.45, 7) is 7.58. The number of aliphatic hydroxyl groups excluding tert-OH is 2. The van der Waals surface area contributed by atoms with Crippen molar-refractivity contribution >= 4 is 11.9 Å². The average Bonchev–Trinajstić information content (AvgIpc) is 2.92. The Morgan fingerprint density at radius 1 is 0.947 bits per heavy atom. The molecule has 2 rings (SSSR count). The van der Waals surface area contributed by atoms with Crippen molar-refractivity contribution in [3.05, 3.63) is 54.1 Å². The fourth-order valence-corrected chi connectivity index (χ4v) is 4.49. The monoisotopic (exact) mass is 538 g/mol. The molecule has 0 bridgehead atoms. The third-order valence-corrected chi connectivity index (χ3v) is 6.98. The first-order valence-corrected chi connectivity index (χ1v) is 13.2. The second-order valence-corrected chi connectivity index (χ2v) is 9.86. The summed E-state index contributed by atoms with van der Waals surface area (Å²) in [4.78, 5) is 23.9. The van der Waals surface area contributed by atoms with Crippen molar-refractivity contribution in [1.82, 2.24) is 0 Å². The van der Waals surface area contributed by atoms with Crippen LogP contribution in [0.15, 0.2) is 48.6 Å². The smallest absolute Gasteiger partial charge is 0.400 e. The molecule has 0 unspecified atom stereocenters. The highest BCUT2D eigenvalue weighted by Crippen LogP contribution is 2.42. The van der Waals surface area contributed by atoms with Crippen LogP contribution in [0.5, 0.6) is 5.75 Å². The molecule has 0 radical (unpaired) electrons. The number of carbonyl (C=O) groups is 2. The van der Waals surface area contributed by atoms with Gasteiger partial charge in [0.2, 0.25) is 0 Å². The number of alkyl halides is 2. The second kappa shape index (κ2) is 15.6. The standard InChI is InChI=1S/C29H40F2O7/c1-4-5-6-7-22-8-14-26(15-9-22)38-29(30,31)25-12-10-23(11-13-25)24(18-36-27(34)20(2)16-32)19-37-28(35)21(3)17-33/h8-9,14-15,23-25,32-33H,2-7,10-13,16-19H2,1H3. The summed E-state index contributed by atoms with van der Waals surface area (Å²) in [6.07, 6.45) is 2.00. The van der Waals surface area contributed by atoms with E-state index in [1.54, 1.807) is 12.1 Å². The van der Waals surface area contributed by atoms with E-state index in [4.69, 9.17) is 24.4 Å². The van der Waals surface area contributed by atoms with E-state index in [1.165, 1.54) is 0 Å². The number of carbonyl (C=O) groups excluding carboxylic acids is 2. The molecule has 1 aliphatic rings. The van der Waals surface area contributed by atoms with Crippen LogP contribution in [0.2, 0.25) is 0 Å². The van der Waals surface area contributed by atoms with E-state index >= 15 is 8.78 Å². The summed E-state index contributed by atoms with van der Waals surface area (Å²) in [5, 5.41) is 18.1. The molecule has 0 aromatic heterocycles. The summed E-state index contributed by atoms with van der Waals surface area (Å²) in [5.41, 5.74) is 0.847. The van der Waals surface area contributed by atoms with Gasteiger partial charge in [-0.2, -0.15) is 8.78 Å². The third kappa shape index (κ3) is 9.83. The van der Waals surface area contributed by atoms with Crippen molar-refractivity contribution in [3.63, 3.8) is 0 Å². The Balaban J connectivity index is 1.96. The number of hydrogen-bond acceptors (Lipinski definition) is 7. The zero-order chi connectivity index (χ0) is 28.1. The Morgan fingerprint density at radius 3 is 1.95 bits per heavy atom. The van der Waals surface area contributed by atoms with E-state index in [1.807, 2.05) is 12.1 Å². The van der Waals surface area contributed by atoms with Crippen LogP contribution in [0.1, 0.15) is 57.4 Å². The van der Waals surface area contributed by atoms with Crippen molar-refractivity contribution in [3.8, 4) is 5.75 Å². The number of aliphatic hydroxyl groups is 2. The lowest BCUT2D eigenvalue weighted by atomic mass is 9.75. The van der Waals surface area contributed by atoms with Gasteiger partial charge >= 0.3 is 18.0 Å². The number of benzene rings is 1. The SMILES string of the molecule is C=C(CO)C(=O)OCC(COC(=O)C(=C)CO)C1CCC(C(F)(F)Oc2ccc(CCCCC)cc2)CC1. The van der Waals surface area contributed by atoms with Gasteiger partial charge in [-0.05, 0) is 62.1 Å². The molecule has 1 aromatic carbocycles. The fraction of sp³-hybridized carbons (Fsp3) is 0.586. The highest BCUT2D eigenvalue weighted by Gasteiger charge is 2.45. The lowest BCUT2D eigenvalue weighted by Gasteiger charge is -2.36. The molecule has 0 spiro atoms. The van der Waals surface area contributed by atoms with E-state index in [0.29, 0.717) is 12.8 Å². The zero-order valence-corrected chi connectivity index (χ0v) is 22.1. The minimum absolute atomic E-state index is 0.121. The number of ether oxygens (including phenoxy) is 3. The molecule has 1 saturated carbocycles. The molecule has 1 aliphatic carbocycles. The Kier molecular flexibility index (Phi) is 12.9.